The van der Waals surface area contributed by atoms with E-state index in [0.717, 1.165) is 24.0 Å². The van der Waals surface area contributed by atoms with Gasteiger partial charge in [-0.15, -0.1) is 0 Å². The van der Waals surface area contributed by atoms with Crippen molar-refractivity contribution in [2.75, 3.05) is 25.2 Å². The topological polar surface area (TPSA) is 111 Å². The second-order valence-corrected chi connectivity index (χ2v) is 10.6. The SMILES string of the molecule is CCCCCOc1ccc(C2C(C(=O)c3ccc(C)o3)=C(O)C(=O)N2c2nc3ccc(OCC)cc3s2)cc1OC. The van der Waals surface area contributed by atoms with Crippen molar-refractivity contribution in [3.05, 3.63) is 76.9 Å². The van der Waals surface area contributed by atoms with E-state index in [2.05, 4.69) is 11.9 Å². The number of Topliss-reactive ketones (excluding diaryl/α,β-unsaturated/α-hetero) is 1. The first-order valence-electron chi connectivity index (χ1n) is 13.6. The molecule has 0 spiro atoms. The first kappa shape index (κ1) is 28.2. The molecule has 214 valence electrons. The van der Waals surface area contributed by atoms with Crippen LogP contribution in [0.1, 0.15) is 61.0 Å². The van der Waals surface area contributed by atoms with Crippen LogP contribution in [-0.4, -0.2) is 42.1 Å². The van der Waals surface area contributed by atoms with Crippen LogP contribution < -0.4 is 19.1 Å². The normalized spacial score (nSPS) is 15.2. The lowest BCUT2D eigenvalue weighted by Crippen LogP contribution is -2.31. The quantitative estimate of drug-likeness (QED) is 0.142. The maximum Gasteiger partial charge on any atom is 0.296 e. The molecule has 1 aliphatic heterocycles. The number of hydrogen-bond acceptors (Lipinski definition) is 9. The van der Waals surface area contributed by atoms with Crippen LogP contribution in [0.2, 0.25) is 0 Å². The molecule has 10 heteroatoms. The number of furan rings is 1. The number of hydrogen-bond donors (Lipinski definition) is 1. The van der Waals surface area contributed by atoms with Gasteiger partial charge in [-0.25, -0.2) is 4.98 Å². The van der Waals surface area contributed by atoms with Gasteiger partial charge in [-0.3, -0.25) is 14.5 Å². The number of benzene rings is 2. The standard InChI is InChI=1S/C31H32N2O7S/c1-5-7-8-15-39-22-14-10-19(16-24(22)37-4)27-26(28(34)23-13-9-18(3)40-23)29(35)30(36)33(27)31-32-21-12-11-20(38-6-2)17-25(21)41-31/h9-14,16-17,27,35H,5-8,15H2,1-4H3. The molecule has 0 saturated carbocycles. The van der Waals surface area contributed by atoms with Gasteiger partial charge in [0.25, 0.3) is 5.91 Å². The van der Waals surface area contributed by atoms with Crippen LogP contribution in [0, 0.1) is 6.92 Å². The highest BCUT2D eigenvalue weighted by molar-refractivity contribution is 7.22. The van der Waals surface area contributed by atoms with E-state index in [0.29, 0.717) is 52.4 Å². The number of fused-ring (bicyclic) bond motifs is 1. The Balaban J connectivity index is 1.60. The predicted molar refractivity (Wildman–Crippen MR) is 156 cm³/mol. The minimum Gasteiger partial charge on any atom is -0.503 e. The smallest absolute Gasteiger partial charge is 0.296 e. The van der Waals surface area contributed by atoms with Gasteiger partial charge in [-0.2, -0.15) is 0 Å². The number of amides is 1. The lowest BCUT2D eigenvalue weighted by atomic mass is 9.95. The van der Waals surface area contributed by atoms with Crippen LogP contribution >= 0.6 is 11.3 Å². The fraction of sp³-hybridized carbons (Fsp3) is 0.323. The molecule has 0 saturated heterocycles. The number of rotatable bonds is 12. The number of nitrogens with zero attached hydrogens (tertiary/aromatic N) is 2. The molecular weight excluding hydrogens is 544 g/mol. The molecule has 4 aromatic rings. The summed E-state index contributed by atoms with van der Waals surface area (Å²) in [5.74, 6) is 0.273. The molecule has 0 aliphatic carbocycles. The van der Waals surface area contributed by atoms with Crippen LogP contribution in [0.4, 0.5) is 5.13 Å². The first-order valence-corrected chi connectivity index (χ1v) is 14.4. The Morgan fingerprint density at radius 2 is 1.90 bits per heavy atom. The number of thiazole rings is 1. The van der Waals surface area contributed by atoms with E-state index in [1.165, 1.54) is 29.4 Å². The van der Waals surface area contributed by atoms with E-state index in [1.807, 2.05) is 25.1 Å². The average molecular weight is 577 g/mol. The number of aliphatic hydroxyl groups excluding tert-OH is 1. The third-order valence-corrected chi connectivity index (χ3v) is 7.81. The summed E-state index contributed by atoms with van der Waals surface area (Å²) in [6, 6.07) is 12.9. The molecule has 1 atom stereocenters. The van der Waals surface area contributed by atoms with Gasteiger partial charge in [0, 0.05) is 0 Å². The van der Waals surface area contributed by atoms with Gasteiger partial charge in [0.1, 0.15) is 11.5 Å². The largest absolute Gasteiger partial charge is 0.503 e. The Hall–Kier alpha value is -4.31. The van der Waals surface area contributed by atoms with E-state index in [1.54, 1.807) is 31.2 Å². The number of anilines is 1. The maximum atomic E-state index is 13.7. The van der Waals surface area contributed by atoms with Crippen LogP contribution in [0.5, 0.6) is 17.2 Å². The number of aryl methyl sites for hydroxylation is 1. The zero-order valence-electron chi connectivity index (χ0n) is 23.4. The number of ketones is 1. The third-order valence-electron chi connectivity index (χ3n) is 6.79. The summed E-state index contributed by atoms with van der Waals surface area (Å²) in [5.41, 5.74) is 1.10. The zero-order chi connectivity index (χ0) is 29.1. The molecule has 5 rings (SSSR count). The summed E-state index contributed by atoms with van der Waals surface area (Å²) in [6.45, 7) is 6.80. The summed E-state index contributed by atoms with van der Waals surface area (Å²) >= 11 is 1.27. The zero-order valence-corrected chi connectivity index (χ0v) is 24.2. The predicted octanol–water partition coefficient (Wildman–Crippen LogP) is 6.96. The molecule has 2 aromatic carbocycles. The molecule has 1 amide bonds. The monoisotopic (exact) mass is 576 g/mol. The molecular formula is C31H32N2O7S. The van der Waals surface area contributed by atoms with Crippen LogP contribution in [0.3, 0.4) is 0 Å². The van der Waals surface area contributed by atoms with Gasteiger partial charge in [-0.1, -0.05) is 37.2 Å². The van der Waals surface area contributed by atoms with Crippen molar-refractivity contribution in [3.63, 3.8) is 0 Å². The minimum absolute atomic E-state index is 0.0252. The van der Waals surface area contributed by atoms with E-state index >= 15 is 0 Å². The Morgan fingerprint density at radius 3 is 2.61 bits per heavy atom. The Labute approximate surface area is 242 Å². The summed E-state index contributed by atoms with van der Waals surface area (Å²) < 4.78 is 23.6. The van der Waals surface area contributed by atoms with Gasteiger partial charge in [0.2, 0.25) is 5.78 Å². The summed E-state index contributed by atoms with van der Waals surface area (Å²) in [5, 5.41) is 11.4. The fourth-order valence-corrected chi connectivity index (χ4v) is 5.82. The van der Waals surface area contributed by atoms with E-state index in [4.69, 9.17) is 18.6 Å². The van der Waals surface area contributed by atoms with Crippen LogP contribution in [0.15, 0.2) is 64.3 Å². The highest BCUT2D eigenvalue weighted by atomic mass is 32.1. The molecule has 3 heterocycles. The fourth-order valence-electron chi connectivity index (χ4n) is 4.80. The molecule has 0 radical (unpaired) electrons. The third kappa shape index (κ3) is 5.52. The first-order chi connectivity index (χ1) is 19.9. The second kappa shape index (κ2) is 12.1. The maximum absolute atomic E-state index is 13.7. The number of ether oxygens (including phenoxy) is 3. The van der Waals surface area contributed by atoms with Crippen molar-refractivity contribution < 1.29 is 33.3 Å². The van der Waals surface area contributed by atoms with Crippen molar-refractivity contribution in [1.82, 2.24) is 4.98 Å². The van der Waals surface area contributed by atoms with Gasteiger partial charge in [-0.05, 0) is 68.3 Å². The molecule has 2 aromatic heterocycles. The number of aromatic nitrogens is 1. The summed E-state index contributed by atoms with van der Waals surface area (Å²) in [4.78, 5) is 33.4. The Kier molecular flexibility index (Phi) is 8.30. The average Bonchev–Trinajstić information content (AvgIpc) is 3.66. The highest BCUT2D eigenvalue weighted by Crippen LogP contribution is 2.46. The molecule has 1 N–H and O–H groups in total. The Bertz CT molecular complexity index is 1620. The van der Waals surface area contributed by atoms with Crippen molar-refractivity contribution in [3.8, 4) is 17.2 Å². The van der Waals surface area contributed by atoms with Crippen molar-refractivity contribution >= 4 is 38.4 Å². The molecule has 1 aliphatic rings. The number of aliphatic hydroxyl groups is 1. The molecule has 1 unspecified atom stereocenters. The van der Waals surface area contributed by atoms with Gasteiger partial charge in [0.15, 0.2) is 28.1 Å². The van der Waals surface area contributed by atoms with Gasteiger partial charge >= 0.3 is 0 Å². The minimum atomic E-state index is -0.990. The number of carbonyl (C=O) groups is 2. The van der Waals surface area contributed by atoms with E-state index in [9.17, 15) is 14.7 Å². The lowest BCUT2D eigenvalue weighted by Gasteiger charge is -2.25. The molecule has 0 bridgehead atoms. The van der Waals surface area contributed by atoms with E-state index in [-0.39, 0.29) is 11.3 Å². The van der Waals surface area contributed by atoms with Crippen LogP contribution in [0.25, 0.3) is 10.2 Å². The van der Waals surface area contributed by atoms with Crippen LogP contribution in [-0.2, 0) is 4.79 Å². The van der Waals surface area contributed by atoms with Gasteiger partial charge < -0.3 is 23.7 Å². The molecule has 9 nitrogen and oxygen atoms in total. The number of unbranched alkanes of at least 4 members (excludes halogenated alkanes) is 2. The summed E-state index contributed by atoms with van der Waals surface area (Å²) in [6.07, 6.45) is 3.04. The molecule has 0 fully saturated rings. The van der Waals surface area contributed by atoms with Crippen molar-refractivity contribution in [1.29, 1.82) is 0 Å². The second-order valence-electron chi connectivity index (χ2n) is 9.60. The van der Waals surface area contributed by atoms with E-state index < -0.39 is 23.5 Å². The van der Waals surface area contributed by atoms with Crippen molar-refractivity contribution in [2.24, 2.45) is 0 Å². The summed E-state index contributed by atoms with van der Waals surface area (Å²) in [7, 11) is 1.53. The van der Waals surface area contributed by atoms with Gasteiger partial charge in [0.05, 0.1) is 42.2 Å². The highest BCUT2D eigenvalue weighted by Gasteiger charge is 2.46. The Morgan fingerprint density at radius 1 is 1.07 bits per heavy atom. The van der Waals surface area contributed by atoms with Crippen molar-refractivity contribution in [2.45, 2.75) is 46.1 Å². The molecule has 41 heavy (non-hydrogen) atoms. The lowest BCUT2D eigenvalue weighted by molar-refractivity contribution is -0.117. The number of methoxy groups -OCH3 is 1. The number of carbonyl (C=O) groups excluding carboxylic acids is 2.